The lowest BCUT2D eigenvalue weighted by molar-refractivity contribution is -0.134. The summed E-state index contributed by atoms with van der Waals surface area (Å²) in [6.45, 7) is 5.70. The van der Waals surface area contributed by atoms with E-state index in [0.717, 1.165) is 0 Å². The largest absolute Gasteiger partial charge is 0.370 e. The van der Waals surface area contributed by atoms with Crippen LogP contribution in [0.4, 0.5) is 0 Å². The van der Waals surface area contributed by atoms with Crippen molar-refractivity contribution in [1.29, 1.82) is 0 Å². The normalized spacial score (nSPS) is 15.6. The minimum Gasteiger partial charge on any atom is -0.370 e. The van der Waals surface area contributed by atoms with E-state index in [-0.39, 0.29) is 12.8 Å². The third kappa shape index (κ3) is 10.2. The number of hydrogen-bond donors (Lipinski definition) is 6. The van der Waals surface area contributed by atoms with Crippen LogP contribution in [-0.4, -0.2) is 66.0 Å². The Bertz CT molecular complexity index is 638. The molecule has 12 heteroatoms. The second-order valence-electron chi connectivity index (χ2n) is 6.75. The van der Waals surface area contributed by atoms with Crippen molar-refractivity contribution in [3.63, 3.8) is 0 Å². The van der Waals surface area contributed by atoms with Crippen molar-refractivity contribution >= 4 is 35.8 Å². The third-order valence-corrected chi connectivity index (χ3v) is 3.80. The lowest BCUT2D eigenvalue weighted by Crippen LogP contribution is -2.57. The summed E-state index contributed by atoms with van der Waals surface area (Å²) in [5.41, 5.74) is 10.5. The number of carbonyl (C=O) groups excluding carboxylic acids is 6. The van der Waals surface area contributed by atoms with Crippen LogP contribution in [0.15, 0.2) is 0 Å². The molecule has 5 atom stereocenters. The quantitative estimate of drug-likeness (QED) is 0.180. The van der Waals surface area contributed by atoms with Crippen LogP contribution >= 0.6 is 0 Å². The fraction of sp³-hybridized carbons (Fsp3) is 0.647. The number of amides is 5. The highest BCUT2D eigenvalue weighted by molar-refractivity contribution is 5.95. The van der Waals surface area contributed by atoms with Gasteiger partial charge in [-0.1, -0.05) is 0 Å². The van der Waals surface area contributed by atoms with Crippen LogP contribution < -0.4 is 32.7 Å². The molecule has 0 saturated carbocycles. The van der Waals surface area contributed by atoms with Gasteiger partial charge in [0.2, 0.25) is 29.5 Å². The van der Waals surface area contributed by atoms with E-state index in [1.54, 1.807) is 0 Å². The molecule has 0 aromatic rings. The fourth-order valence-electron chi connectivity index (χ4n) is 2.03. The van der Waals surface area contributed by atoms with E-state index in [1.807, 2.05) is 0 Å². The molecule has 12 nitrogen and oxygen atoms in total. The van der Waals surface area contributed by atoms with Gasteiger partial charge in [-0.3, -0.25) is 24.0 Å². The number of primary amides is 1. The first-order valence-electron chi connectivity index (χ1n) is 9.09. The first kappa shape index (κ1) is 26.0. The second-order valence-corrected chi connectivity index (χ2v) is 6.75. The minimum atomic E-state index is -1.18. The predicted octanol–water partition coefficient (Wildman–Crippen LogP) is -3.20. The third-order valence-electron chi connectivity index (χ3n) is 3.80. The number of rotatable bonds is 12. The van der Waals surface area contributed by atoms with Gasteiger partial charge in [-0.15, -0.1) is 0 Å². The van der Waals surface area contributed by atoms with Crippen LogP contribution in [-0.2, 0) is 28.8 Å². The molecule has 0 radical (unpaired) electrons. The van der Waals surface area contributed by atoms with Gasteiger partial charge < -0.3 is 37.5 Å². The molecule has 8 N–H and O–H groups in total. The van der Waals surface area contributed by atoms with Gasteiger partial charge in [0.15, 0.2) is 0 Å². The molecule has 0 aromatic carbocycles. The Morgan fingerprint density at radius 1 is 0.793 bits per heavy atom. The van der Waals surface area contributed by atoms with E-state index in [1.165, 1.54) is 27.7 Å². The topological polar surface area (TPSA) is 203 Å². The summed E-state index contributed by atoms with van der Waals surface area (Å²) in [7, 11) is 0. The van der Waals surface area contributed by atoms with E-state index in [0.29, 0.717) is 6.29 Å². The van der Waals surface area contributed by atoms with Crippen LogP contribution in [0, 0.1) is 0 Å². The summed E-state index contributed by atoms with van der Waals surface area (Å²) in [5, 5.41) is 9.56. The van der Waals surface area contributed by atoms with Gasteiger partial charge in [0.05, 0.1) is 12.1 Å². The number of nitrogens with one attached hydrogen (secondary N) is 4. The van der Waals surface area contributed by atoms with E-state index >= 15 is 0 Å². The van der Waals surface area contributed by atoms with Gasteiger partial charge in [0, 0.05) is 6.42 Å². The first-order chi connectivity index (χ1) is 13.4. The molecular formula is C17H30N6O6. The molecule has 0 aliphatic rings. The van der Waals surface area contributed by atoms with Gasteiger partial charge in [0.25, 0.3) is 0 Å². The van der Waals surface area contributed by atoms with Gasteiger partial charge in [-0.25, -0.2) is 0 Å². The summed E-state index contributed by atoms with van der Waals surface area (Å²) in [6.07, 6.45) is 0.224. The smallest absolute Gasteiger partial charge is 0.243 e. The maximum atomic E-state index is 12.5. The highest BCUT2D eigenvalue weighted by Gasteiger charge is 2.27. The van der Waals surface area contributed by atoms with Gasteiger partial charge in [-0.2, -0.15) is 0 Å². The van der Waals surface area contributed by atoms with Crippen LogP contribution in [0.5, 0.6) is 0 Å². The number of hydrogen-bond acceptors (Lipinski definition) is 7. The van der Waals surface area contributed by atoms with Crippen molar-refractivity contribution in [2.45, 2.75) is 70.7 Å². The summed E-state index contributed by atoms with van der Waals surface area (Å²) >= 11 is 0. The number of nitrogens with two attached hydrogens (primary N) is 2. The summed E-state index contributed by atoms with van der Waals surface area (Å²) < 4.78 is 0. The molecule has 0 fully saturated rings. The van der Waals surface area contributed by atoms with E-state index in [4.69, 9.17) is 11.5 Å². The van der Waals surface area contributed by atoms with Crippen LogP contribution in [0.1, 0.15) is 40.5 Å². The van der Waals surface area contributed by atoms with E-state index in [2.05, 4.69) is 21.3 Å². The zero-order chi connectivity index (χ0) is 22.7. The van der Waals surface area contributed by atoms with Crippen molar-refractivity contribution in [3.8, 4) is 0 Å². The van der Waals surface area contributed by atoms with Crippen LogP contribution in [0.3, 0.4) is 0 Å². The van der Waals surface area contributed by atoms with Gasteiger partial charge >= 0.3 is 0 Å². The van der Waals surface area contributed by atoms with Crippen LogP contribution in [0.2, 0.25) is 0 Å². The molecule has 0 bridgehead atoms. The Kier molecular flexibility index (Phi) is 11.1. The second kappa shape index (κ2) is 12.4. The Morgan fingerprint density at radius 2 is 1.28 bits per heavy atom. The maximum absolute atomic E-state index is 12.5. The van der Waals surface area contributed by atoms with Crippen molar-refractivity contribution < 1.29 is 28.8 Å². The molecule has 29 heavy (non-hydrogen) atoms. The molecule has 0 rings (SSSR count). The SMILES string of the molecule is C[C@H](N)C(=O)N[C@@H](C)C(=O)N[C@@H](CCC(N)=O)C(=O)N[C@@H](C)C(=O)N[C@@H](C)C=O. The Labute approximate surface area is 168 Å². The maximum Gasteiger partial charge on any atom is 0.243 e. The van der Waals surface area contributed by atoms with Crippen molar-refractivity contribution in [3.05, 3.63) is 0 Å². The van der Waals surface area contributed by atoms with Gasteiger partial charge in [0.1, 0.15) is 24.4 Å². The average Bonchev–Trinajstić information content (AvgIpc) is 2.63. The Balaban J connectivity index is 5.06. The predicted molar refractivity (Wildman–Crippen MR) is 103 cm³/mol. The monoisotopic (exact) mass is 414 g/mol. The molecule has 0 spiro atoms. The molecule has 0 aliphatic heterocycles. The van der Waals surface area contributed by atoms with Crippen molar-refractivity contribution in [1.82, 2.24) is 21.3 Å². The van der Waals surface area contributed by atoms with Crippen molar-refractivity contribution in [2.24, 2.45) is 11.5 Å². The molecule has 164 valence electrons. The van der Waals surface area contributed by atoms with Gasteiger partial charge in [-0.05, 0) is 34.1 Å². The Hall–Kier alpha value is -3.02. The summed E-state index contributed by atoms with van der Waals surface area (Å²) in [6, 6.07) is -4.74. The van der Waals surface area contributed by atoms with E-state index in [9.17, 15) is 28.8 Å². The molecule has 0 heterocycles. The molecule has 0 aromatic heterocycles. The molecule has 0 unspecified atom stereocenters. The van der Waals surface area contributed by atoms with Crippen LogP contribution in [0.25, 0.3) is 0 Å². The zero-order valence-corrected chi connectivity index (χ0v) is 17.0. The molecule has 5 amide bonds. The number of aldehydes is 1. The highest BCUT2D eigenvalue weighted by Crippen LogP contribution is 2.00. The zero-order valence-electron chi connectivity index (χ0n) is 17.0. The molecule has 0 saturated heterocycles. The fourth-order valence-corrected chi connectivity index (χ4v) is 2.03. The molecular weight excluding hydrogens is 384 g/mol. The lowest BCUT2D eigenvalue weighted by Gasteiger charge is -2.23. The number of carbonyl (C=O) groups is 6. The molecule has 0 aliphatic carbocycles. The van der Waals surface area contributed by atoms with Crippen molar-refractivity contribution in [2.75, 3.05) is 0 Å². The first-order valence-corrected chi connectivity index (χ1v) is 9.09. The lowest BCUT2D eigenvalue weighted by atomic mass is 10.1. The minimum absolute atomic E-state index is 0.111. The summed E-state index contributed by atoms with van der Waals surface area (Å²) in [5.74, 6) is -3.25. The standard InChI is InChI=1S/C17H30N6O6/c1-8(7-24)20-15(27)10(3)22-17(29)12(5-6-13(19)25)23-16(28)11(4)21-14(26)9(2)18/h7-12H,5-6,18H2,1-4H3,(H2,19,25)(H,20,27)(H,21,26)(H,22,29)(H,23,28)/t8-,9-,10-,11-,12-/m0/s1. The summed E-state index contributed by atoms with van der Waals surface area (Å²) in [4.78, 5) is 70.0. The average molecular weight is 414 g/mol. The van der Waals surface area contributed by atoms with E-state index < -0.39 is 59.7 Å². The highest BCUT2D eigenvalue weighted by atomic mass is 16.2. The Morgan fingerprint density at radius 3 is 1.72 bits per heavy atom.